The van der Waals surface area contributed by atoms with Gasteiger partial charge < -0.3 is 14.8 Å². The number of rotatable bonds is 9. The van der Waals surface area contributed by atoms with E-state index in [9.17, 15) is 9.70 Å². The largest absolute Gasteiger partial charge is 0.492 e. The minimum atomic E-state index is -1.27. The van der Waals surface area contributed by atoms with Gasteiger partial charge in [-0.1, -0.05) is 68.4 Å². The number of amides is 1. The van der Waals surface area contributed by atoms with Crippen molar-refractivity contribution in [2.24, 2.45) is 5.18 Å². The van der Waals surface area contributed by atoms with Crippen molar-refractivity contribution in [3.8, 4) is 11.4 Å². The second-order valence-electron chi connectivity index (χ2n) is 11.8. The van der Waals surface area contributed by atoms with Crippen LogP contribution in [0.4, 0.5) is 5.82 Å². The number of nitrogens with one attached hydrogen (secondary N) is 1. The molecule has 9 heteroatoms. The molecule has 1 N–H and O–H groups in total. The van der Waals surface area contributed by atoms with Gasteiger partial charge in [0.1, 0.15) is 18.2 Å². The normalized spacial score (nSPS) is 15.0. The predicted octanol–water partition coefficient (Wildman–Crippen LogP) is 6.10. The molecule has 1 aliphatic rings. The fourth-order valence-electron chi connectivity index (χ4n) is 5.50. The Balaban J connectivity index is 1.44. The molecule has 0 bridgehead atoms. The number of carbonyl (C=O) groups excluding carboxylic acids is 1. The van der Waals surface area contributed by atoms with Crippen molar-refractivity contribution in [1.82, 2.24) is 14.7 Å². The second kappa shape index (κ2) is 12.4. The molecule has 0 radical (unpaired) electrons. The third kappa shape index (κ3) is 6.22. The Morgan fingerprint density at radius 1 is 1.05 bits per heavy atom. The zero-order valence-electron chi connectivity index (χ0n) is 25.0. The van der Waals surface area contributed by atoms with Gasteiger partial charge in [0.15, 0.2) is 6.04 Å². The van der Waals surface area contributed by atoms with Gasteiger partial charge in [-0.2, -0.15) is 5.10 Å². The first-order valence-electron chi connectivity index (χ1n) is 14.4. The number of fused-ring (bicyclic) bond motifs is 1. The molecule has 9 nitrogen and oxygen atoms in total. The van der Waals surface area contributed by atoms with Crippen molar-refractivity contribution in [1.29, 1.82) is 0 Å². The first-order chi connectivity index (χ1) is 20.2. The predicted molar refractivity (Wildman–Crippen MR) is 166 cm³/mol. The van der Waals surface area contributed by atoms with E-state index in [1.807, 2.05) is 68.4 Å². The maximum absolute atomic E-state index is 13.8. The molecule has 5 rings (SSSR count). The van der Waals surface area contributed by atoms with Gasteiger partial charge in [-0.05, 0) is 48.6 Å². The standard InChI is InChI=1S/C33H39N5O4/c1-22-9-8-10-24(21-22)38-31(23(2)30(35-38)33(3,4)5)34-32(39)29(36-40)27-13-14-28(26-12-7-6-11-25(26)27)42-20-17-37-15-18-41-19-16-37/h6-14,21,29H,15-20H2,1-5H3,(H,34,39). The van der Waals surface area contributed by atoms with E-state index in [1.54, 1.807) is 10.7 Å². The number of carbonyl (C=O) groups is 1. The lowest BCUT2D eigenvalue weighted by molar-refractivity contribution is -0.117. The number of ether oxygens (including phenoxy) is 2. The third-order valence-corrected chi connectivity index (χ3v) is 7.66. The molecule has 1 atom stereocenters. The molecule has 1 aromatic heterocycles. The molecule has 2 heterocycles. The molecule has 42 heavy (non-hydrogen) atoms. The van der Waals surface area contributed by atoms with Crippen molar-refractivity contribution >= 4 is 22.5 Å². The van der Waals surface area contributed by atoms with E-state index >= 15 is 0 Å². The van der Waals surface area contributed by atoms with Gasteiger partial charge in [-0.3, -0.25) is 9.69 Å². The van der Waals surface area contributed by atoms with Crippen LogP contribution >= 0.6 is 0 Å². The SMILES string of the molecule is Cc1cccc(-n2nc(C(C)(C)C)c(C)c2NC(=O)C(N=O)c2ccc(OCCN3CCOCC3)c3ccccc23)c1. The lowest BCUT2D eigenvalue weighted by Crippen LogP contribution is -2.38. The molecule has 0 spiro atoms. The van der Waals surface area contributed by atoms with Crippen molar-refractivity contribution in [3.63, 3.8) is 0 Å². The van der Waals surface area contributed by atoms with Crippen LogP contribution in [0.25, 0.3) is 16.5 Å². The Bertz CT molecular complexity index is 1580. The molecule has 4 aromatic rings. The number of morpholine rings is 1. The Labute approximate surface area is 246 Å². The third-order valence-electron chi connectivity index (χ3n) is 7.66. The van der Waals surface area contributed by atoms with Gasteiger partial charge in [0.2, 0.25) is 0 Å². The monoisotopic (exact) mass is 569 g/mol. The Kier molecular flexibility index (Phi) is 8.70. The van der Waals surface area contributed by atoms with Crippen LogP contribution in [0, 0.1) is 18.8 Å². The number of aryl methyl sites for hydroxylation is 1. The molecule has 220 valence electrons. The van der Waals surface area contributed by atoms with E-state index in [2.05, 4.69) is 36.2 Å². The summed E-state index contributed by atoms with van der Waals surface area (Å²) in [7, 11) is 0. The molecule has 0 saturated carbocycles. The summed E-state index contributed by atoms with van der Waals surface area (Å²) in [6.45, 7) is 14.8. The van der Waals surface area contributed by atoms with E-state index in [1.165, 1.54) is 0 Å². The van der Waals surface area contributed by atoms with Crippen LogP contribution in [0.15, 0.2) is 65.8 Å². The zero-order valence-corrected chi connectivity index (χ0v) is 25.0. The van der Waals surface area contributed by atoms with Gasteiger partial charge in [0.05, 0.1) is 24.6 Å². The summed E-state index contributed by atoms with van der Waals surface area (Å²) in [5, 5.41) is 12.8. The van der Waals surface area contributed by atoms with E-state index < -0.39 is 11.9 Å². The van der Waals surface area contributed by atoms with Crippen LogP contribution < -0.4 is 10.1 Å². The number of anilines is 1. The van der Waals surface area contributed by atoms with Gasteiger partial charge in [-0.25, -0.2) is 4.68 Å². The maximum Gasteiger partial charge on any atom is 0.258 e. The Morgan fingerprint density at radius 3 is 2.48 bits per heavy atom. The molecule has 0 aliphatic carbocycles. The van der Waals surface area contributed by atoms with Crippen LogP contribution in [0.1, 0.15) is 49.2 Å². The lowest BCUT2D eigenvalue weighted by Gasteiger charge is -2.26. The quantitative estimate of drug-likeness (QED) is 0.245. The minimum Gasteiger partial charge on any atom is -0.492 e. The van der Waals surface area contributed by atoms with Crippen LogP contribution in [0.5, 0.6) is 5.75 Å². The van der Waals surface area contributed by atoms with Gasteiger partial charge in [0.25, 0.3) is 5.91 Å². The van der Waals surface area contributed by atoms with Crippen LogP contribution in [-0.2, 0) is 14.9 Å². The summed E-state index contributed by atoms with van der Waals surface area (Å²) < 4.78 is 13.3. The number of nitrogens with zero attached hydrogens (tertiary/aromatic N) is 4. The first-order valence-corrected chi connectivity index (χ1v) is 14.4. The average Bonchev–Trinajstić information content (AvgIpc) is 3.31. The maximum atomic E-state index is 13.8. The van der Waals surface area contributed by atoms with Crippen LogP contribution in [0.2, 0.25) is 0 Å². The van der Waals surface area contributed by atoms with E-state index in [4.69, 9.17) is 14.6 Å². The molecule has 1 amide bonds. The topological polar surface area (TPSA) is 98.0 Å². The summed E-state index contributed by atoms with van der Waals surface area (Å²) >= 11 is 0. The Morgan fingerprint density at radius 2 is 1.79 bits per heavy atom. The highest BCUT2D eigenvalue weighted by Crippen LogP contribution is 2.36. The van der Waals surface area contributed by atoms with E-state index in [0.29, 0.717) is 23.7 Å². The number of benzene rings is 3. The van der Waals surface area contributed by atoms with Crippen molar-refractivity contribution < 1.29 is 14.3 Å². The summed E-state index contributed by atoms with van der Waals surface area (Å²) in [5.74, 6) is 0.709. The van der Waals surface area contributed by atoms with E-state index in [-0.39, 0.29) is 5.41 Å². The molecule has 1 saturated heterocycles. The molecule has 1 aliphatic heterocycles. The lowest BCUT2D eigenvalue weighted by atomic mass is 9.90. The second-order valence-corrected chi connectivity index (χ2v) is 11.8. The van der Waals surface area contributed by atoms with Crippen molar-refractivity contribution in [2.45, 2.75) is 46.1 Å². The van der Waals surface area contributed by atoms with Gasteiger partial charge in [0, 0.05) is 36.0 Å². The molecule has 1 unspecified atom stereocenters. The fraction of sp³-hybridized carbons (Fsp3) is 0.394. The number of hydrogen-bond donors (Lipinski definition) is 1. The van der Waals surface area contributed by atoms with Gasteiger partial charge in [-0.15, -0.1) is 4.91 Å². The number of nitroso groups, excluding NO2 is 1. The molecule has 1 fully saturated rings. The van der Waals surface area contributed by atoms with E-state index in [0.717, 1.165) is 66.1 Å². The zero-order chi connectivity index (χ0) is 29.9. The smallest absolute Gasteiger partial charge is 0.258 e. The van der Waals surface area contributed by atoms with Crippen molar-refractivity contribution in [2.75, 3.05) is 44.8 Å². The molecular formula is C33H39N5O4. The summed E-state index contributed by atoms with van der Waals surface area (Å²) in [4.78, 5) is 28.4. The summed E-state index contributed by atoms with van der Waals surface area (Å²) in [5.41, 5.74) is 3.86. The highest BCUT2D eigenvalue weighted by atomic mass is 16.5. The summed E-state index contributed by atoms with van der Waals surface area (Å²) in [6, 6.07) is 17.9. The van der Waals surface area contributed by atoms with Crippen molar-refractivity contribution in [3.05, 3.63) is 88.0 Å². The number of hydrogen-bond acceptors (Lipinski definition) is 7. The minimum absolute atomic E-state index is 0.255. The van der Waals surface area contributed by atoms with Crippen LogP contribution in [0.3, 0.4) is 0 Å². The fourth-order valence-corrected chi connectivity index (χ4v) is 5.50. The highest BCUT2D eigenvalue weighted by Gasteiger charge is 2.30. The average molecular weight is 570 g/mol. The highest BCUT2D eigenvalue weighted by molar-refractivity contribution is 6.00. The molecule has 3 aromatic carbocycles. The Hall–Kier alpha value is -4.08. The van der Waals surface area contributed by atoms with Crippen LogP contribution in [-0.4, -0.2) is 60.0 Å². The number of aromatic nitrogens is 2. The molecular weight excluding hydrogens is 530 g/mol. The first kappa shape index (κ1) is 29.4. The van der Waals surface area contributed by atoms with Gasteiger partial charge >= 0.3 is 0 Å². The summed E-state index contributed by atoms with van der Waals surface area (Å²) in [6.07, 6.45) is 0.